The van der Waals surface area contributed by atoms with Gasteiger partial charge in [0.1, 0.15) is 4.21 Å². The molecular formula is C25H18O2S4. The van der Waals surface area contributed by atoms with Crippen LogP contribution >= 0.6 is 34.0 Å². The van der Waals surface area contributed by atoms with Crippen LogP contribution in [-0.2, 0) is 10.8 Å². The molecule has 0 saturated heterocycles. The molecular weight excluding hydrogens is 461 g/mol. The normalized spacial score (nSPS) is 16.3. The van der Waals surface area contributed by atoms with E-state index in [1.54, 1.807) is 34.0 Å². The number of hydrogen-bond acceptors (Lipinski definition) is 5. The molecule has 0 saturated carbocycles. The molecule has 3 aromatic heterocycles. The van der Waals surface area contributed by atoms with Crippen LogP contribution in [0.2, 0.25) is 0 Å². The fourth-order valence-corrected chi connectivity index (χ4v) is 9.82. The Kier molecular flexibility index (Phi) is 4.54. The summed E-state index contributed by atoms with van der Waals surface area (Å²) < 4.78 is 16.2. The molecule has 2 aromatic carbocycles. The van der Waals surface area contributed by atoms with Gasteiger partial charge in [0.15, 0.2) is 5.78 Å². The van der Waals surface area contributed by atoms with Crippen molar-refractivity contribution in [3.8, 4) is 21.6 Å². The van der Waals surface area contributed by atoms with Gasteiger partial charge in [0, 0.05) is 63.7 Å². The lowest BCUT2D eigenvalue weighted by Gasteiger charge is -2.13. The van der Waals surface area contributed by atoms with Crippen molar-refractivity contribution < 1.29 is 9.00 Å². The number of benzene rings is 2. The number of carbonyl (C=O) groups excluding carboxylic acids is 1. The van der Waals surface area contributed by atoms with Gasteiger partial charge in [-0.05, 0) is 26.0 Å². The Balaban J connectivity index is 1.79. The maximum absolute atomic E-state index is 13.2. The maximum atomic E-state index is 13.2. The van der Waals surface area contributed by atoms with E-state index >= 15 is 0 Å². The summed E-state index contributed by atoms with van der Waals surface area (Å²) in [5.74, 6) is 0.553. The van der Waals surface area contributed by atoms with Crippen LogP contribution in [0.3, 0.4) is 0 Å². The van der Waals surface area contributed by atoms with E-state index in [1.807, 2.05) is 0 Å². The highest BCUT2D eigenvalue weighted by molar-refractivity contribution is 7.87. The minimum Gasteiger partial charge on any atom is -0.294 e. The molecule has 0 amide bonds. The first-order valence-electron chi connectivity index (χ1n) is 10.1. The molecule has 6 heteroatoms. The monoisotopic (exact) mass is 478 g/mol. The Morgan fingerprint density at radius 3 is 2.00 bits per heavy atom. The summed E-state index contributed by atoms with van der Waals surface area (Å²) in [7, 11) is -1.12. The number of hydrogen-bond donors (Lipinski definition) is 0. The molecule has 4 heterocycles. The smallest absolute Gasteiger partial charge is 0.166 e. The second-order valence-electron chi connectivity index (χ2n) is 7.75. The molecule has 0 radical (unpaired) electrons. The van der Waals surface area contributed by atoms with Crippen molar-refractivity contribution >= 4 is 70.8 Å². The lowest BCUT2D eigenvalue weighted by atomic mass is 9.93. The van der Waals surface area contributed by atoms with Crippen LogP contribution in [-0.4, -0.2) is 15.7 Å². The van der Waals surface area contributed by atoms with Gasteiger partial charge < -0.3 is 0 Å². The second-order valence-corrected chi connectivity index (χ2v) is 13.0. The summed E-state index contributed by atoms with van der Waals surface area (Å²) in [4.78, 5) is 16.7. The van der Waals surface area contributed by atoms with Crippen LogP contribution in [0.15, 0.2) is 52.7 Å². The topological polar surface area (TPSA) is 34.1 Å². The highest BCUT2D eigenvalue weighted by Crippen LogP contribution is 2.53. The molecule has 1 unspecified atom stereocenters. The predicted octanol–water partition coefficient (Wildman–Crippen LogP) is 7.82. The molecule has 1 atom stereocenters. The fraction of sp³-hybridized carbons (Fsp3) is 0.160. The van der Waals surface area contributed by atoms with Gasteiger partial charge in [0.2, 0.25) is 0 Å². The Hall–Kier alpha value is -2.12. The van der Waals surface area contributed by atoms with Crippen molar-refractivity contribution in [1.29, 1.82) is 0 Å². The second kappa shape index (κ2) is 7.20. The van der Waals surface area contributed by atoms with Crippen LogP contribution in [0.1, 0.15) is 26.5 Å². The third-order valence-corrected chi connectivity index (χ3v) is 11.1. The zero-order valence-corrected chi connectivity index (χ0v) is 20.2. The maximum Gasteiger partial charge on any atom is 0.166 e. The standard InChI is InChI=1S/C25H18O2S4/c1-13-20(15-7-3-5-9-18(15)28-13)23-22-17(26)11-12-31(27)25(22)30-24(23)21-14(2)29-19-10-6-4-8-16(19)21/h3-10H,11-12H2,1-2H3. The van der Waals surface area contributed by atoms with Gasteiger partial charge in [0.25, 0.3) is 0 Å². The van der Waals surface area contributed by atoms with E-state index in [1.165, 1.54) is 35.5 Å². The number of fused-ring (bicyclic) bond motifs is 3. The first-order valence-corrected chi connectivity index (χ1v) is 13.9. The number of Topliss-reactive ketones (excluding diaryl/α,β-unsaturated/α-hetero) is 1. The quantitative estimate of drug-likeness (QED) is 0.259. The van der Waals surface area contributed by atoms with Crippen molar-refractivity contribution in [3.05, 3.63) is 63.8 Å². The van der Waals surface area contributed by atoms with Gasteiger partial charge in [0.05, 0.1) is 16.4 Å². The van der Waals surface area contributed by atoms with Gasteiger partial charge in [-0.25, -0.2) is 0 Å². The molecule has 5 aromatic rings. The summed E-state index contributed by atoms with van der Waals surface area (Å²) in [6.45, 7) is 4.29. The van der Waals surface area contributed by atoms with Crippen LogP contribution in [0.5, 0.6) is 0 Å². The van der Waals surface area contributed by atoms with Gasteiger partial charge in [-0.1, -0.05) is 36.4 Å². The van der Waals surface area contributed by atoms with Crippen molar-refractivity contribution in [2.24, 2.45) is 0 Å². The van der Waals surface area contributed by atoms with Crippen LogP contribution in [0, 0.1) is 13.8 Å². The fourth-order valence-electron chi connectivity index (χ4n) is 4.57. The van der Waals surface area contributed by atoms with E-state index in [4.69, 9.17) is 0 Å². The number of aryl methyl sites for hydroxylation is 2. The zero-order valence-electron chi connectivity index (χ0n) is 17.0. The van der Waals surface area contributed by atoms with Crippen molar-refractivity contribution in [2.45, 2.75) is 24.5 Å². The molecule has 0 bridgehead atoms. The summed E-state index contributed by atoms with van der Waals surface area (Å²) in [6.07, 6.45) is 0.354. The van der Waals surface area contributed by atoms with E-state index in [-0.39, 0.29) is 5.78 Å². The Morgan fingerprint density at radius 2 is 1.32 bits per heavy atom. The minimum absolute atomic E-state index is 0.124. The largest absolute Gasteiger partial charge is 0.294 e. The molecule has 6 rings (SSSR count). The van der Waals surface area contributed by atoms with Crippen LogP contribution in [0.25, 0.3) is 41.7 Å². The lowest BCUT2D eigenvalue weighted by molar-refractivity contribution is 0.0985. The first-order chi connectivity index (χ1) is 15.0. The zero-order chi connectivity index (χ0) is 21.3. The van der Waals surface area contributed by atoms with Gasteiger partial charge in [-0.3, -0.25) is 9.00 Å². The van der Waals surface area contributed by atoms with Crippen LogP contribution in [0.4, 0.5) is 0 Å². The van der Waals surface area contributed by atoms with E-state index in [0.717, 1.165) is 20.2 Å². The molecule has 2 nitrogen and oxygen atoms in total. The SMILES string of the molecule is Cc1sc2ccccc2c1-c1sc2c(c1-c1c(C)sc3ccccc13)C(=O)CCS2=O. The molecule has 31 heavy (non-hydrogen) atoms. The third-order valence-electron chi connectivity index (χ3n) is 5.90. The Labute approximate surface area is 194 Å². The molecule has 0 N–H and O–H groups in total. The lowest BCUT2D eigenvalue weighted by Crippen LogP contribution is -2.15. The summed E-state index contributed by atoms with van der Waals surface area (Å²) in [5.41, 5.74) is 4.02. The molecule has 0 spiro atoms. The van der Waals surface area contributed by atoms with E-state index in [2.05, 4.69) is 62.4 Å². The highest BCUT2D eigenvalue weighted by Gasteiger charge is 2.34. The summed E-state index contributed by atoms with van der Waals surface area (Å²) in [5, 5.41) is 2.38. The molecule has 0 fully saturated rings. The summed E-state index contributed by atoms with van der Waals surface area (Å²) in [6, 6.07) is 16.8. The Bertz CT molecular complexity index is 1550. The average molecular weight is 479 g/mol. The predicted molar refractivity (Wildman–Crippen MR) is 136 cm³/mol. The Morgan fingerprint density at radius 1 is 0.742 bits per heavy atom. The minimum atomic E-state index is -1.12. The van der Waals surface area contributed by atoms with Gasteiger partial charge in [-0.15, -0.1) is 34.0 Å². The first kappa shape index (κ1) is 19.6. The summed E-state index contributed by atoms with van der Waals surface area (Å²) >= 11 is 5.11. The molecule has 154 valence electrons. The van der Waals surface area contributed by atoms with E-state index in [0.29, 0.717) is 17.7 Å². The number of thiophene rings is 3. The van der Waals surface area contributed by atoms with Gasteiger partial charge in [-0.2, -0.15) is 0 Å². The number of rotatable bonds is 2. The molecule has 1 aliphatic heterocycles. The van der Waals surface area contributed by atoms with Gasteiger partial charge >= 0.3 is 0 Å². The van der Waals surface area contributed by atoms with Crippen molar-refractivity contribution in [1.82, 2.24) is 0 Å². The molecule has 1 aliphatic rings. The number of ketones is 1. The van der Waals surface area contributed by atoms with Crippen molar-refractivity contribution in [2.75, 3.05) is 5.75 Å². The van der Waals surface area contributed by atoms with E-state index in [9.17, 15) is 9.00 Å². The highest BCUT2D eigenvalue weighted by atomic mass is 32.2. The molecule has 0 aliphatic carbocycles. The third kappa shape index (κ3) is 2.85. The van der Waals surface area contributed by atoms with E-state index < -0.39 is 10.8 Å². The number of carbonyl (C=O) groups is 1. The average Bonchev–Trinajstić information content (AvgIpc) is 3.40. The van der Waals surface area contributed by atoms with Crippen molar-refractivity contribution in [3.63, 3.8) is 0 Å². The van der Waals surface area contributed by atoms with Crippen LogP contribution < -0.4 is 0 Å².